The molecule has 2 heterocycles. The van der Waals surface area contributed by atoms with Crippen LogP contribution in [0, 0.1) is 13.8 Å². The van der Waals surface area contributed by atoms with Crippen LogP contribution >= 0.6 is 0 Å². The number of ether oxygens (including phenoxy) is 2. The van der Waals surface area contributed by atoms with E-state index in [0.29, 0.717) is 19.2 Å². The molecule has 2 atom stereocenters. The summed E-state index contributed by atoms with van der Waals surface area (Å²) in [6.07, 6.45) is 1.33. The lowest BCUT2D eigenvalue weighted by Gasteiger charge is -2.32. The predicted molar refractivity (Wildman–Crippen MR) is 85.7 cm³/mol. The number of rotatable bonds is 4. The van der Waals surface area contributed by atoms with Crippen LogP contribution in [0.2, 0.25) is 0 Å². The molecule has 1 aromatic rings. The van der Waals surface area contributed by atoms with Gasteiger partial charge in [-0.05, 0) is 63.0 Å². The van der Waals surface area contributed by atoms with Crippen LogP contribution in [0.1, 0.15) is 24.0 Å². The second-order valence-corrected chi connectivity index (χ2v) is 6.35. The summed E-state index contributed by atoms with van der Waals surface area (Å²) in [5, 5.41) is 17.1. The van der Waals surface area contributed by atoms with Crippen LogP contribution in [0.4, 0.5) is 0 Å². The molecule has 1 fully saturated rings. The van der Waals surface area contributed by atoms with E-state index in [9.17, 15) is 5.11 Å². The number of piperidine rings is 1. The average molecular weight is 306 g/mol. The van der Waals surface area contributed by atoms with E-state index in [2.05, 4.69) is 24.5 Å². The smallest absolute Gasteiger partial charge is 0.162 e. The van der Waals surface area contributed by atoms with Crippen LogP contribution in [0.15, 0.2) is 12.1 Å². The average Bonchev–Trinajstić information content (AvgIpc) is 2.54. The Balaban J connectivity index is 1.55. The van der Waals surface area contributed by atoms with Crippen molar-refractivity contribution in [2.75, 3.05) is 26.2 Å². The summed E-state index contributed by atoms with van der Waals surface area (Å²) in [5.41, 5.74) is 2.36. The standard InChI is InChI=1S/C17H26N2O3/c1-11-7-15-16(8-12(11)2)22-17(10-21-15)14(20)9-19-13-3-5-18-6-4-13/h7-8,13-14,17-20H,3-6,9-10H2,1-2H3. The summed E-state index contributed by atoms with van der Waals surface area (Å²) < 4.78 is 11.7. The van der Waals surface area contributed by atoms with Gasteiger partial charge in [-0.2, -0.15) is 0 Å². The summed E-state index contributed by atoms with van der Waals surface area (Å²) in [6.45, 7) is 7.13. The lowest BCUT2D eigenvalue weighted by atomic mass is 10.1. The van der Waals surface area contributed by atoms with Gasteiger partial charge in [0.15, 0.2) is 17.6 Å². The van der Waals surface area contributed by atoms with Gasteiger partial charge in [0.05, 0.1) is 0 Å². The Morgan fingerprint density at radius 3 is 2.64 bits per heavy atom. The number of benzene rings is 1. The van der Waals surface area contributed by atoms with Gasteiger partial charge in [0.25, 0.3) is 0 Å². The fourth-order valence-electron chi connectivity index (χ4n) is 2.97. The molecule has 1 saturated heterocycles. The van der Waals surface area contributed by atoms with Gasteiger partial charge in [-0.1, -0.05) is 0 Å². The first-order valence-corrected chi connectivity index (χ1v) is 8.16. The number of aliphatic hydroxyl groups excluding tert-OH is 1. The fourth-order valence-corrected chi connectivity index (χ4v) is 2.97. The van der Waals surface area contributed by atoms with Crippen molar-refractivity contribution in [2.45, 2.75) is 44.9 Å². The number of nitrogens with one attached hydrogen (secondary N) is 2. The topological polar surface area (TPSA) is 62.8 Å². The molecule has 0 aliphatic carbocycles. The van der Waals surface area contributed by atoms with Crippen LogP contribution in [0.5, 0.6) is 11.5 Å². The number of fused-ring (bicyclic) bond motifs is 1. The van der Waals surface area contributed by atoms with Crippen LogP contribution in [-0.4, -0.2) is 49.6 Å². The van der Waals surface area contributed by atoms with Gasteiger partial charge < -0.3 is 25.2 Å². The van der Waals surface area contributed by atoms with Gasteiger partial charge in [0.1, 0.15) is 12.7 Å². The van der Waals surface area contributed by atoms with Crippen molar-refractivity contribution in [3.63, 3.8) is 0 Å². The molecule has 2 aliphatic rings. The van der Waals surface area contributed by atoms with E-state index in [0.717, 1.165) is 37.4 Å². The van der Waals surface area contributed by atoms with Crippen molar-refractivity contribution >= 4 is 0 Å². The van der Waals surface area contributed by atoms with Crippen LogP contribution in [0.25, 0.3) is 0 Å². The predicted octanol–water partition coefficient (Wildman–Crippen LogP) is 1.15. The van der Waals surface area contributed by atoms with E-state index >= 15 is 0 Å². The van der Waals surface area contributed by atoms with Crippen LogP contribution in [0.3, 0.4) is 0 Å². The Morgan fingerprint density at radius 2 is 1.91 bits per heavy atom. The maximum atomic E-state index is 10.4. The molecule has 3 N–H and O–H groups in total. The molecule has 0 aromatic heterocycles. The van der Waals surface area contributed by atoms with Gasteiger partial charge >= 0.3 is 0 Å². The van der Waals surface area contributed by atoms with Crippen molar-refractivity contribution < 1.29 is 14.6 Å². The Morgan fingerprint density at radius 1 is 1.23 bits per heavy atom. The van der Waals surface area contributed by atoms with E-state index in [-0.39, 0.29) is 6.10 Å². The minimum atomic E-state index is -0.565. The molecule has 3 rings (SSSR count). The highest BCUT2D eigenvalue weighted by Crippen LogP contribution is 2.34. The summed E-state index contributed by atoms with van der Waals surface area (Å²) in [7, 11) is 0. The summed E-state index contributed by atoms with van der Waals surface area (Å²) in [5.74, 6) is 1.51. The van der Waals surface area contributed by atoms with Gasteiger partial charge in [-0.3, -0.25) is 0 Å². The SMILES string of the molecule is Cc1cc2c(cc1C)OC(C(O)CNC1CCNCC1)CO2. The number of hydrogen-bond donors (Lipinski definition) is 3. The molecular formula is C17H26N2O3. The largest absolute Gasteiger partial charge is 0.486 e. The van der Waals surface area contributed by atoms with Gasteiger partial charge in [-0.15, -0.1) is 0 Å². The Labute approximate surface area is 132 Å². The van der Waals surface area contributed by atoms with Crippen molar-refractivity contribution in [2.24, 2.45) is 0 Å². The van der Waals surface area contributed by atoms with Crippen molar-refractivity contribution in [1.29, 1.82) is 0 Å². The first-order chi connectivity index (χ1) is 10.6. The van der Waals surface area contributed by atoms with Crippen molar-refractivity contribution in [3.05, 3.63) is 23.3 Å². The second-order valence-electron chi connectivity index (χ2n) is 6.35. The first kappa shape index (κ1) is 15.6. The highest BCUT2D eigenvalue weighted by Gasteiger charge is 2.28. The molecule has 2 aliphatic heterocycles. The lowest BCUT2D eigenvalue weighted by molar-refractivity contribution is -0.0106. The monoisotopic (exact) mass is 306 g/mol. The minimum absolute atomic E-state index is 0.316. The molecule has 0 spiro atoms. The van der Waals surface area contributed by atoms with Crippen LogP contribution < -0.4 is 20.1 Å². The molecule has 0 amide bonds. The minimum Gasteiger partial charge on any atom is -0.486 e. The van der Waals surface area contributed by atoms with Crippen molar-refractivity contribution in [1.82, 2.24) is 10.6 Å². The summed E-state index contributed by atoms with van der Waals surface area (Å²) in [6, 6.07) is 4.47. The fraction of sp³-hybridized carbons (Fsp3) is 0.647. The Kier molecular flexibility index (Phi) is 4.86. The van der Waals surface area contributed by atoms with Crippen molar-refractivity contribution in [3.8, 4) is 11.5 Å². The summed E-state index contributed by atoms with van der Waals surface area (Å²) in [4.78, 5) is 0. The maximum absolute atomic E-state index is 10.4. The third kappa shape index (κ3) is 3.54. The third-order valence-electron chi connectivity index (χ3n) is 4.63. The molecule has 5 nitrogen and oxygen atoms in total. The zero-order valence-corrected chi connectivity index (χ0v) is 13.4. The van der Waals surface area contributed by atoms with E-state index in [4.69, 9.17) is 9.47 Å². The maximum Gasteiger partial charge on any atom is 0.162 e. The highest BCUT2D eigenvalue weighted by atomic mass is 16.6. The zero-order chi connectivity index (χ0) is 15.5. The normalized spacial score (nSPS) is 23.3. The van der Waals surface area contributed by atoms with E-state index in [1.807, 2.05) is 12.1 Å². The van der Waals surface area contributed by atoms with Crippen LogP contribution in [-0.2, 0) is 0 Å². The Hall–Kier alpha value is -1.30. The lowest BCUT2D eigenvalue weighted by Crippen LogP contribution is -2.48. The molecule has 1 aromatic carbocycles. The number of aryl methyl sites for hydroxylation is 2. The molecular weight excluding hydrogens is 280 g/mol. The molecule has 0 bridgehead atoms. The zero-order valence-electron chi connectivity index (χ0n) is 13.4. The third-order valence-corrected chi connectivity index (χ3v) is 4.63. The first-order valence-electron chi connectivity index (χ1n) is 8.16. The van der Waals surface area contributed by atoms with Gasteiger partial charge in [0, 0.05) is 12.6 Å². The quantitative estimate of drug-likeness (QED) is 0.779. The molecule has 122 valence electrons. The molecule has 5 heteroatoms. The molecule has 2 unspecified atom stereocenters. The summed E-state index contributed by atoms with van der Waals surface area (Å²) >= 11 is 0. The number of aliphatic hydroxyl groups is 1. The highest BCUT2D eigenvalue weighted by molar-refractivity contribution is 5.47. The van der Waals surface area contributed by atoms with Gasteiger partial charge in [0.2, 0.25) is 0 Å². The molecule has 22 heavy (non-hydrogen) atoms. The van der Waals surface area contributed by atoms with E-state index < -0.39 is 6.10 Å². The number of hydrogen-bond acceptors (Lipinski definition) is 5. The van der Waals surface area contributed by atoms with E-state index in [1.54, 1.807) is 0 Å². The second kappa shape index (κ2) is 6.86. The Bertz CT molecular complexity index is 515. The molecule has 0 saturated carbocycles. The molecule has 0 radical (unpaired) electrons. The van der Waals surface area contributed by atoms with E-state index in [1.165, 1.54) is 11.1 Å². The van der Waals surface area contributed by atoms with Gasteiger partial charge in [-0.25, -0.2) is 0 Å².